The van der Waals surface area contributed by atoms with Crippen molar-refractivity contribution in [3.63, 3.8) is 0 Å². The summed E-state index contributed by atoms with van der Waals surface area (Å²) in [7, 11) is -3.93. The molecule has 0 aromatic heterocycles. The van der Waals surface area contributed by atoms with E-state index in [9.17, 15) is 18.0 Å². The highest BCUT2D eigenvalue weighted by molar-refractivity contribution is 7.90. The molecule has 1 fully saturated rings. The number of nitrogens with one attached hydrogen (secondary N) is 2. The SMILES string of the molecule is CC(=O)N1CCCC(S(=O)(=O)NC(=O)Nc2c(C(C)C)cc(Cl)cc2C(C)C)C1. The van der Waals surface area contributed by atoms with Crippen molar-refractivity contribution in [3.05, 3.63) is 28.3 Å². The van der Waals surface area contributed by atoms with Crippen LogP contribution in [0.15, 0.2) is 12.1 Å². The number of anilines is 1. The average molecular weight is 444 g/mol. The highest BCUT2D eigenvalue weighted by atomic mass is 35.5. The quantitative estimate of drug-likeness (QED) is 0.717. The minimum absolute atomic E-state index is 0.0839. The lowest BCUT2D eigenvalue weighted by molar-refractivity contribution is -0.129. The number of carbonyl (C=O) groups is 2. The van der Waals surface area contributed by atoms with E-state index in [4.69, 9.17) is 11.6 Å². The van der Waals surface area contributed by atoms with Gasteiger partial charge >= 0.3 is 6.03 Å². The molecule has 1 aliphatic heterocycles. The summed E-state index contributed by atoms with van der Waals surface area (Å²) >= 11 is 6.24. The van der Waals surface area contributed by atoms with Gasteiger partial charge in [-0.2, -0.15) is 0 Å². The maximum atomic E-state index is 12.7. The van der Waals surface area contributed by atoms with Crippen LogP contribution in [0.1, 0.15) is 70.4 Å². The molecule has 0 bridgehead atoms. The molecule has 9 heteroatoms. The molecule has 0 saturated carbocycles. The molecule has 0 spiro atoms. The zero-order valence-corrected chi connectivity index (χ0v) is 19.2. The number of urea groups is 1. The Morgan fingerprint density at radius 1 is 1.14 bits per heavy atom. The number of likely N-dealkylation sites (tertiary alicyclic amines) is 1. The summed E-state index contributed by atoms with van der Waals surface area (Å²) in [5.74, 6) is -0.000168. The first-order valence-electron chi connectivity index (χ1n) is 9.83. The zero-order chi connectivity index (χ0) is 21.9. The standard InChI is InChI=1S/C20H30ClN3O4S/c1-12(2)17-9-15(21)10-18(13(3)4)19(17)22-20(26)23-29(27,28)16-7-6-8-24(11-16)14(5)25/h9-10,12-13,16H,6-8,11H2,1-5H3,(H2,22,23,26). The van der Waals surface area contributed by atoms with Crippen LogP contribution in [0.4, 0.5) is 10.5 Å². The van der Waals surface area contributed by atoms with Gasteiger partial charge in [0, 0.05) is 30.7 Å². The predicted molar refractivity (Wildman–Crippen MR) is 116 cm³/mol. The molecule has 1 aromatic rings. The van der Waals surface area contributed by atoms with Crippen LogP contribution in [-0.4, -0.2) is 43.6 Å². The monoisotopic (exact) mass is 443 g/mol. The van der Waals surface area contributed by atoms with Crippen LogP contribution in [0, 0.1) is 0 Å². The van der Waals surface area contributed by atoms with Gasteiger partial charge in [-0.15, -0.1) is 0 Å². The summed E-state index contributed by atoms with van der Waals surface area (Å²) in [6, 6.07) is 2.76. The van der Waals surface area contributed by atoms with Crippen molar-refractivity contribution in [2.75, 3.05) is 18.4 Å². The van der Waals surface area contributed by atoms with Gasteiger partial charge in [-0.25, -0.2) is 17.9 Å². The van der Waals surface area contributed by atoms with Gasteiger partial charge in [-0.05, 0) is 47.9 Å². The first-order valence-corrected chi connectivity index (χ1v) is 11.8. The van der Waals surface area contributed by atoms with E-state index in [0.29, 0.717) is 30.1 Å². The molecule has 29 heavy (non-hydrogen) atoms. The smallest absolute Gasteiger partial charge is 0.332 e. The van der Waals surface area contributed by atoms with E-state index in [0.717, 1.165) is 11.1 Å². The van der Waals surface area contributed by atoms with Crippen LogP contribution in [-0.2, 0) is 14.8 Å². The van der Waals surface area contributed by atoms with Gasteiger partial charge in [-0.3, -0.25) is 4.79 Å². The van der Waals surface area contributed by atoms with E-state index in [2.05, 4.69) is 10.0 Å². The molecule has 0 radical (unpaired) electrons. The van der Waals surface area contributed by atoms with E-state index in [-0.39, 0.29) is 24.3 Å². The van der Waals surface area contributed by atoms with Gasteiger partial charge in [0.1, 0.15) is 0 Å². The number of benzene rings is 1. The van der Waals surface area contributed by atoms with E-state index in [1.165, 1.54) is 11.8 Å². The van der Waals surface area contributed by atoms with Crippen molar-refractivity contribution < 1.29 is 18.0 Å². The molecular weight excluding hydrogens is 414 g/mol. The van der Waals surface area contributed by atoms with E-state index in [1.54, 1.807) is 12.1 Å². The third-order valence-corrected chi connectivity index (χ3v) is 7.09. The normalized spacial score (nSPS) is 17.5. The Balaban J connectivity index is 2.23. The van der Waals surface area contributed by atoms with Gasteiger partial charge in [0.2, 0.25) is 15.9 Å². The lowest BCUT2D eigenvalue weighted by atomic mass is 9.92. The Morgan fingerprint density at radius 2 is 1.69 bits per heavy atom. The highest BCUT2D eigenvalue weighted by Gasteiger charge is 2.33. The number of piperidine rings is 1. The first kappa shape index (κ1) is 23.5. The molecule has 2 N–H and O–H groups in total. The zero-order valence-electron chi connectivity index (χ0n) is 17.6. The number of nitrogens with zero attached hydrogens (tertiary/aromatic N) is 1. The Kier molecular flexibility index (Phi) is 7.56. The second-order valence-corrected chi connectivity index (χ2v) is 10.5. The first-order chi connectivity index (χ1) is 13.4. The third-order valence-electron chi connectivity index (χ3n) is 5.14. The molecular formula is C20H30ClN3O4S. The number of halogens is 1. The van der Waals surface area contributed by atoms with Crippen LogP contribution in [0.5, 0.6) is 0 Å². The molecule has 1 saturated heterocycles. The van der Waals surface area contributed by atoms with Gasteiger partial charge < -0.3 is 10.2 Å². The maximum Gasteiger partial charge on any atom is 0.332 e. The third kappa shape index (κ3) is 5.85. The number of carbonyl (C=O) groups excluding carboxylic acids is 2. The van der Waals surface area contributed by atoms with Crippen molar-refractivity contribution in [1.82, 2.24) is 9.62 Å². The van der Waals surface area contributed by atoms with Crippen LogP contribution >= 0.6 is 11.6 Å². The molecule has 1 aliphatic rings. The number of hydrogen-bond donors (Lipinski definition) is 2. The van der Waals surface area contributed by atoms with Crippen LogP contribution in [0.25, 0.3) is 0 Å². The molecule has 1 atom stereocenters. The fourth-order valence-electron chi connectivity index (χ4n) is 3.53. The Labute approximate surface area is 178 Å². The van der Waals surface area contributed by atoms with E-state index >= 15 is 0 Å². The maximum absolute atomic E-state index is 12.7. The minimum Gasteiger partial charge on any atom is -0.342 e. The molecule has 1 heterocycles. The topological polar surface area (TPSA) is 95.6 Å². The van der Waals surface area contributed by atoms with Crippen molar-refractivity contribution in [3.8, 4) is 0 Å². The van der Waals surface area contributed by atoms with Crippen molar-refractivity contribution in [2.24, 2.45) is 0 Å². The molecule has 1 unspecified atom stereocenters. The Hall–Kier alpha value is -1.80. The summed E-state index contributed by atoms with van der Waals surface area (Å²) in [4.78, 5) is 25.7. The second kappa shape index (κ2) is 9.34. The van der Waals surface area contributed by atoms with Gasteiger partial charge in [-0.1, -0.05) is 39.3 Å². The number of rotatable bonds is 5. The summed E-state index contributed by atoms with van der Waals surface area (Å²) in [6.45, 7) is 9.96. The Bertz CT molecular complexity index is 855. The lowest BCUT2D eigenvalue weighted by Crippen LogP contribution is -2.49. The summed E-state index contributed by atoms with van der Waals surface area (Å²) < 4.78 is 27.6. The van der Waals surface area contributed by atoms with Crippen molar-refractivity contribution in [2.45, 2.75) is 64.5 Å². The predicted octanol–water partition coefficient (Wildman–Crippen LogP) is 4.05. The fourth-order valence-corrected chi connectivity index (χ4v) is 5.10. The molecule has 2 rings (SSSR count). The Morgan fingerprint density at radius 3 is 2.17 bits per heavy atom. The van der Waals surface area contributed by atoms with Crippen molar-refractivity contribution >= 4 is 39.2 Å². The van der Waals surface area contributed by atoms with Crippen LogP contribution < -0.4 is 10.0 Å². The molecule has 3 amide bonds. The number of amides is 3. The summed E-state index contributed by atoms with van der Waals surface area (Å²) in [5, 5.41) is 2.49. The average Bonchev–Trinajstić information content (AvgIpc) is 2.62. The molecule has 1 aromatic carbocycles. The van der Waals surface area contributed by atoms with E-state index in [1.807, 2.05) is 27.7 Å². The molecule has 0 aliphatic carbocycles. The van der Waals surface area contributed by atoms with Gasteiger partial charge in [0.25, 0.3) is 0 Å². The minimum atomic E-state index is -3.93. The fraction of sp³-hybridized carbons (Fsp3) is 0.600. The molecule has 162 valence electrons. The number of hydrogen-bond acceptors (Lipinski definition) is 4. The van der Waals surface area contributed by atoms with Crippen LogP contribution in [0.2, 0.25) is 5.02 Å². The van der Waals surface area contributed by atoms with Gasteiger partial charge in [0.15, 0.2) is 0 Å². The van der Waals surface area contributed by atoms with Crippen LogP contribution in [0.3, 0.4) is 0 Å². The van der Waals surface area contributed by atoms with Crippen molar-refractivity contribution in [1.29, 1.82) is 0 Å². The summed E-state index contributed by atoms with van der Waals surface area (Å²) in [5.41, 5.74) is 2.27. The lowest BCUT2D eigenvalue weighted by Gasteiger charge is -2.31. The summed E-state index contributed by atoms with van der Waals surface area (Å²) in [6.07, 6.45) is 0.987. The second-order valence-electron chi connectivity index (χ2n) is 8.10. The van der Waals surface area contributed by atoms with Gasteiger partial charge in [0.05, 0.1) is 5.25 Å². The number of sulfonamides is 1. The highest BCUT2D eigenvalue weighted by Crippen LogP contribution is 2.35. The molecule has 7 nitrogen and oxygen atoms in total. The largest absolute Gasteiger partial charge is 0.342 e. The van der Waals surface area contributed by atoms with E-state index < -0.39 is 21.3 Å².